The van der Waals surface area contributed by atoms with Crippen LogP contribution in [-0.2, 0) is 9.57 Å². The number of nitriles is 1. The van der Waals surface area contributed by atoms with Crippen LogP contribution >= 0.6 is 0 Å². The van der Waals surface area contributed by atoms with Crippen molar-refractivity contribution in [1.82, 2.24) is 5.06 Å². The number of hydrogen-bond acceptors (Lipinski definition) is 5. The molecule has 0 aromatic heterocycles. The second-order valence-corrected chi connectivity index (χ2v) is 4.67. The van der Waals surface area contributed by atoms with Gasteiger partial charge in [0, 0.05) is 17.1 Å². The van der Waals surface area contributed by atoms with Crippen LogP contribution in [0.1, 0.15) is 20.8 Å². The smallest absolute Gasteiger partial charge is 0.403 e. The van der Waals surface area contributed by atoms with E-state index in [4.69, 9.17) is 14.8 Å². The van der Waals surface area contributed by atoms with Crippen LogP contribution in [0.2, 0.25) is 0 Å². The summed E-state index contributed by atoms with van der Waals surface area (Å²) in [5.74, 6) is 0. The van der Waals surface area contributed by atoms with Crippen LogP contribution in [0, 0.1) is 16.7 Å². The molecule has 0 aromatic carbocycles. The molecule has 0 amide bonds. The Labute approximate surface area is 87.8 Å². The number of fused-ring (bicyclic) bond motifs is 1. The van der Waals surface area contributed by atoms with E-state index in [1.165, 1.54) is 11.1 Å². The second kappa shape index (κ2) is 2.74. The lowest BCUT2D eigenvalue weighted by Crippen LogP contribution is -2.65. The molecule has 80 valence electrons. The number of nitrogens with zero attached hydrogens (tertiary/aromatic N) is 2. The second-order valence-electron chi connectivity index (χ2n) is 4.67. The first kappa shape index (κ1) is 9.99. The monoisotopic (exact) mass is 208 g/mol. The lowest BCUT2D eigenvalue weighted by atomic mass is 9.73. The topological polar surface area (TPSA) is 62.6 Å². The van der Waals surface area contributed by atoms with E-state index in [2.05, 4.69) is 0 Å². The standard InChI is InChI=1S/C10H12N2O3/c1-9(2,3)10-7(4-5-11)6-12(10)15-8(13)14-10/h4H,6H2,1-3H3/b7-4+. The summed E-state index contributed by atoms with van der Waals surface area (Å²) in [4.78, 5) is 16.0. The molecule has 0 bridgehead atoms. The highest BCUT2D eigenvalue weighted by atomic mass is 16.9. The third kappa shape index (κ3) is 1.08. The predicted molar refractivity (Wildman–Crippen MR) is 50.2 cm³/mol. The quantitative estimate of drug-likeness (QED) is 0.446. The Kier molecular flexibility index (Phi) is 1.82. The van der Waals surface area contributed by atoms with Gasteiger partial charge in [0.05, 0.1) is 12.6 Å². The minimum atomic E-state index is -0.889. The van der Waals surface area contributed by atoms with Gasteiger partial charge in [-0.1, -0.05) is 25.8 Å². The Morgan fingerprint density at radius 1 is 1.60 bits per heavy atom. The molecule has 0 radical (unpaired) electrons. The first-order chi connectivity index (χ1) is 6.91. The van der Waals surface area contributed by atoms with Crippen LogP contribution in [0.25, 0.3) is 0 Å². The molecule has 1 unspecified atom stereocenters. The van der Waals surface area contributed by atoms with Gasteiger partial charge in [-0.05, 0) is 0 Å². The summed E-state index contributed by atoms with van der Waals surface area (Å²) in [5.41, 5.74) is -0.441. The van der Waals surface area contributed by atoms with Gasteiger partial charge in [0.2, 0.25) is 5.72 Å². The molecule has 5 heteroatoms. The zero-order chi connectivity index (χ0) is 11.3. The number of ether oxygens (including phenoxy) is 1. The van der Waals surface area contributed by atoms with Crippen molar-refractivity contribution >= 4 is 6.16 Å². The van der Waals surface area contributed by atoms with Crippen molar-refractivity contribution in [1.29, 1.82) is 5.26 Å². The maximum Gasteiger partial charge on any atom is 0.530 e. The number of carbonyl (C=O) groups excluding carboxylic acids is 1. The van der Waals surface area contributed by atoms with E-state index in [9.17, 15) is 4.79 Å². The van der Waals surface area contributed by atoms with Crippen LogP contribution in [0.3, 0.4) is 0 Å². The van der Waals surface area contributed by atoms with Gasteiger partial charge in [0.25, 0.3) is 0 Å². The average Bonchev–Trinajstić information content (AvgIpc) is 2.35. The average molecular weight is 208 g/mol. The maximum absolute atomic E-state index is 11.1. The van der Waals surface area contributed by atoms with Crippen LogP contribution in [-0.4, -0.2) is 23.5 Å². The Balaban J connectivity index is 2.44. The van der Waals surface area contributed by atoms with Crippen molar-refractivity contribution in [3.8, 4) is 6.07 Å². The van der Waals surface area contributed by atoms with E-state index >= 15 is 0 Å². The van der Waals surface area contributed by atoms with Gasteiger partial charge >= 0.3 is 6.16 Å². The van der Waals surface area contributed by atoms with Crippen molar-refractivity contribution in [3.05, 3.63) is 11.6 Å². The zero-order valence-electron chi connectivity index (χ0n) is 8.90. The number of hydroxylamine groups is 2. The molecule has 2 aliphatic heterocycles. The van der Waals surface area contributed by atoms with Crippen LogP contribution in [0.4, 0.5) is 4.79 Å². The molecule has 0 aromatic rings. The molecule has 0 N–H and O–H groups in total. The van der Waals surface area contributed by atoms with E-state index < -0.39 is 11.9 Å². The van der Waals surface area contributed by atoms with Gasteiger partial charge in [-0.3, -0.25) is 0 Å². The fourth-order valence-corrected chi connectivity index (χ4v) is 2.11. The predicted octanol–water partition coefficient (Wildman–Crippen LogP) is 1.58. The van der Waals surface area contributed by atoms with Crippen molar-refractivity contribution in [3.63, 3.8) is 0 Å². The molecule has 0 aliphatic carbocycles. The SMILES string of the molecule is CC(C)(C)C12OC(=O)ON1C/C2=C\C#N. The van der Waals surface area contributed by atoms with Crippen molar-refractivity contribution in [2.24, 2.45) is 5.41 Å². The Morgan fingerprint density at radius 2 is 2.27 bits per heavy atom. The summed E-state index contributed by atoms with van der Waals surface area (Å²) >= 11 is 0. The number of carbonyl (C=O) groups is 1. The molecule has 1 atom stereocenters. The zero-order valence-corrected chi connectivity index (χ0v) is 8.90. The molecule has 2 rings (SSSR count). The van der Waals surface area contributed by atoms with Crippen molar-refractivity contribution in [2.75, 3.05) is 6.54 Å². The highest BCUT2D eigenvalue weighted by Crippen LogP contribution is 2.52. The van der Waals surface area contributed by atoms with E-state index in [0.29, 0.717) is 6.54 Å². The first-order valence-electron chi connectivity index (χ1n) is 4.69. The minimum Gasteiger partial charge on any atom is -0.403 e. The fraction of sp³-hybridized carbons (Fsp3) is 0.600. The molecule has 2 heterocycles. The third-order valence-corrected chi connectivity index (χ3v) is 2.77. The summed E-state index contributed by atoms with van der Waals surface area (Å²) in [6.07, 6.45) is 0.718. The fourth-order valence-electron chi connectivity index (χ4n) is 2.11. The lowest BCUT2D eigenvalue weighted by molar-refractivity contribution is -0.238. The molecule has 5 nitrogen and oxygen atoms in total. The van der Waals surface area contributed by atoms with Crippen LogP contribution in [0.5, 0.6) is 0 Å². The normalized spacial score (nSPS) is 32.7. The number of allylic oxidation sites excluding steroid dienone is 1. The van der Waals surface area contributed by atoms with Gasteiger partial charge < -0.3 is 9.57 Å². The van der Waals surface area contributed by atoms with E-state index in [-0.39, 0.29) is 5.41 Å². The van der Waals surface area contributed by atoms with Gasteiger partial charge in [-0.15, -0.1) is 0 Å². The molecular weight excluding hydrogens is 196 g/mol. The Hall–Kier alpha value is -1.54. The summed E-state index contributed by atoms with van der Waals surface area (Å²) < 4.78 is 5.22. The highest BCUT2D eigenvalue weighted by molar-refractivity contribution is 5.65. The molecular formula is C10H12N2O3. The Morgan fingerprint density at radius 3 is 2.73 bits per heavy atom. The number of hydrogen-bond donors (Lipinski definition) is 0. The summed E-state index contributed by atoms with van der Waals surface area (Å²) in [7, 11) is 0. The molecule has 15 heavy (non-hydrogen) atoms. The summed E-state index contributed by atoms with van der Waals surface area (Å²) in [5, 5.41) is 10.1. The summed E-state index contributed by atoms with van der Waals surface area (Å²) in [6, 6.07) is 1.96. The highest BCUT2D eigenvalue weighted by Gasteiger charge is 2.67. The largest absolute Gasteiger partial charge is 0.530 e. The Bertz CT molecular complexity index is 388. The lowest BCUT2D eigenvalue weighted by Gasteiger charge is -2.51. The molecule has 2 fully saturated rings. The van der Waals surface area contributed by atoms with Crippen LogP contribution in [0.15, 0.2) is 11.6 Å². The van der Waals surface area contributed by atoms with Gasteiger partial charge in [-0.25, -0.2) is 4.79 Å². The van der Waals surface area contributed by atoms with Crippen molar-refractivity contribution < 1.29 is 14.4 Å². The molecule has 2 aliphatic rings. The van der Waals surface area contributed by atoms with Gasteiger partial charge in [0.1, 0.15) is 0 Å². The van der Waals surface area contributed by atoms with E-state index in [1.807, 2.05) is 26.8 Å². The first-order valence-corrected chi connectivity index (χ1v) is 4.69. The van der Waals surface area contributed by atoms with Gasteiger partial charge in [-0.2, -0.15) is 5.26 Å². The number of rotatable bonds is 0. The van der Waals surface area contributed by atoms with Gasteiger partial charge in [0.15, 0.2) is 0 Å². The minimum absolute atomic E-state index is 0.333. The molecule has 2 saturated heterocycles. The van der Waals surface area contributed by atoms with E-state index in [1.54, 1.807) is 0 Å². The van der Waals surface area contributed by atoms with E-state index in [0.717, 1.165) is 5.57 Å². The molecule has 0 saturated carbocycles. The van der Waals surface area contributed by atoms with Crippen LogP contribution < -0.4 is 0 Å². The maximum atomic E-state index is 11.1. The molecule has 0 spiro atoms. The third-order valence-electron chi connectivity index (χ3n) is 2.77. The van der Waals surface area contributed by atoms with Crippen molar-refractivity contribution in [2.45, 2.75) is 26.5 Å². The summed E-state index contributed by atoms with van der Waals surface area (Å²) in [6.45, 7) is 6.25.